The van der Waals surface area contributed by atoms with Crippen molar-refractivity contribution in [2.75, 3.05) is 13.0 Å². The van der Waals surface area contributed by atoms with Gasteiger partial charge in [-0.3, -0.25) is 4.90 Å². The highest BCUT2D eigenvalue weighted by molar-refractivity contribution is 7.88. The third-order valence-corrected chi connectivity index (χ3v) is 4.65. The van der Waals surface area contributed by atoms with Gasteiger partial charge in [-0.1, -0.05) is 30.3 Å². The quantitative estimate of drug-likeness (QED) is 0.811. The molecule has 146 valence electrons. The summed E-state index contributed by atoms with van der Waals surface area (Å²) < 4.78 is 59.5. The summed E-state index contributed by atoms with van der Waals surface area (Å²) in [6.45, 7) is 4.50. The predicted molar refractivity (Wildman–Crippen MR) is 101 cm³/mol. The summed E-state index contributed by atoms with van der Waals surface area (Å²) in [7, 11) is -4.47. The molecule has 26 heavy (non-hydrogen) atoms. The van der Waals surface area contributed by atoms with Crippen LogP contribution >= 0.6 is 0 Å². The topological polar surface area (TPSA) is 87.7 Å². The SMILES string of the molecule is [2H]C1CCN(Cc2ccccc2)C([2H])([2H])C1(C)NS(=O)(=O)NC(=O)OC(C)(C)C. The van der Waals surface area contributed by atoms with Crippen LogP contribution in [0.4, 0.5) is 4.79 Å². The standard InChI is InChI=1S/C18H29N3O4S/c1-17(2,3)25-16(22)19-26(23,24)20-18(4)11-8-12-21(14-18)13-15-9-6-5-7-10-15/h5-7,9-10,20H,8,11-14H2,1-4H3,(H,19,22)/i11D,14D2. The molecule has 1 aromatic carbocycles. The number of hydrogen-bond donors (Lipinski definition) is 2. The van der Waals surface area contributed by atoms with Crippen LogP contribution in [0.15, 0.2) is 30.3 Å². The van der Waals surface area contributed by atoms with Gasteiger partial charge in [-0.05, 0) is 52.6 Å². The molecule has 1 aliphatic rings. The Morgan fingerprint density at radius 3 is 2.62 bits per heavy atom. The van der Waals surface area contributed by atoms with E-state index in [2.05, 4.69) is 4.72 Å². The molecule has 0 aliphatic carbocycles. The van der Waals surface area contributed by atoms with Gasteiger partial charge in [-0.15, -0.1) is 0 Å². The van der Waals surface area contributed by atoms with Crippen LogP contribution in [0.1, 0.15) is 50.2 Å². The van der Waals surface area contributed by atoms with E-state index in [-0.39, 0.29) is 13.0 Å². The van der Waals surface area contributed by atoms with Crippen molar-refractivity contribution in [3.8, 4) is 0 Å². The van der Waals surface area contributed by atoms with Gasteiger partial charge in [0.25, 0.3) is 0 Å². The van der Waals surface area contributed by atoms with Gasteiger partial charge in [-0.2, -0.15) is 13.1 Å². The van der Waals surface area contributed by atoms with Gasteiger partial charge in [0.2, 0.25) is 0 Å². The molecule has 2 unspecified atom stereocenters. The second-order valence-corrected chi connectivity index (χ2v) is 8.84. The molecular formula is C18H29N3O4S. The highest BCUT2D eigenvalue weighted by Crippen LogP contribution is 2.23. The largest absolute Gasteiger partial charge is 0.443 e. The summed E-state index contributed by atoms with van der Waals surface area (Å²) in [5.74, 6) is 0. The number of carbonyl (C=O) groups excluding carboxylic acids is 1. The van der Waals surface area contributed by atoms with Gasteiger partial charge in [0.05, 0.1) is 0 Å². The molecule has 2 atom stereocenters. The second-order valence-electron chi connectivity index (χ2n) is 7.42. The molecule has 0 radical (unpaired) electrons. The summed E-state index contributed by atoms with van der Waals surface area (Å²) >= 11 is 0. The molecule has 8 heteroatoms. The Bertz CT molecular complexity index is 831. The molecule has 1 heterocycles. The maximum Gasteiger partial charge on any atom is 0.422 e. The van der Waals surface area contributed by atoms with Gasteiger partial charge in [0.1, 0.15) is 5.60 Å². The van der Waals surface area contributed by atoms with Crippen LogP contribution in [0, 0.1) is 0 Å². The molecule has 2 N–H and O–H groups in total. The molecule has 1 fully saturated rings. The van der Waals surface area contributed by atoms with Gasteiger partial charge in [0.15, 0.2) is 0 Å². The first kappa shape index (κ1) is 16.5. The van der Waals surface area contributed by atoms with Crippen molar-refractivity contribution in [3.63, 3.8) is 0 Å². The number of piperidine rings is 1. The maximum absolute atomic E-state index is 12.5. The van der Waals surface area contributed by atoms with Crippen molar-refractivity contribution in [2.45, 2.75) is 58.2 Å². The number of nitrogens with one attached hydrogen (secondary N) is 2. The van der Waals surface area contributed by atoms with Crippen molar-refractivity contribution < 1.29 is 22.1 Å². The van der Waals surface area contributed by atoms with Gasteiger partial charge in [0, 0.05) is 22.7 Å². The monoisotopic (exact) mass is 386 g/mol. The lowest BCUT2D eigenvalue weighted by molar-refractivity contribution is 0.0568. The van der Waals surface area contributed by atoms with E-state index < -0.39 is 40.3 Å². The average molecular weight is 387 g/mol. The lowest BCUT2D eigenvalue weighted by Crippen LogP contribution is -2.59. The third kappa shape index (κ3) is 6.93. The van der Waals surface area contributed by atoms with Crippen LogP contribution in [0.5, 0.6) is 0 Å². The van der Waals surface area contributed by atoms with Crippen LogP contribution in [0.3, 0.4) is 0 Å². The van der Waals surface area contributed by atoms with Gasteiger partial charge in [-0.25, -0.2) is 9.52 Å². The number of nitrogens with zero attached hydrogens (tertiary/aromatic N) is 1. The number of carbonyl (C=O) groups is 1. The molecule has 7 nitrogen and oxygen atoms in total. The fraction of sp³-hybridized carbons (Fsp3) is 0.611. The zero-order valence-corrected chi connectivity index (χ0v) is 16.4. The van der Waals surface area contributed by atoms with Crippen molar-refractivity contribution in [1.82, 2.24) is 14.3 Å². The number of rotatable bonds is 5. The van der Waals surface area contributed by atoms with Gasteiger partial charge >= 0.3 is 16.3 Å². The van der Waals surface area contributed by atoms with E-state index >= 15 is 0 Å². The van der Waals surface area contributed by atoms with E-state index in [1.54, 1.807) is 25.5 Å². The Balaban J connectivity index is 2.22. The lowest BCUT2D eigenvalue weighted by atomic mass is 9.92. The first-order valence-electron chi connectivity index (χ1n) is 10.00. The first-order valence-corrected chi connectivity index (χ1v) is 9.90. The number of amides is 1. The normalized spacial score (nSPS) is 28.5. The minimum atomic E-state index is -4.47. The summed E-state index contributed by atoms with van der Waals surface area (Å²) in [5, 5.41) is 0. The maximum atomic E-state index is 12.5. The Morgan fingerprint density at radius 2 is 2.00 bits per heavy atom. The van der Waals surface area contributed by atoms with Crippen LogP contribution in [0.25, 0.3) is 0 Å². The Labute approximate surface area is 160 Å². The zero-order valence-electron chi connectivity index (χ0n) is 18.6. The predicted octanol–water partition coefficient (Wildman–Crippen LogP) is 2.40. The number of ether oxygens (including phenoxy) is 1. The summed E-state index contributed by atoms with van der Waals surface area (Å²) in [6.07, 6.45) is -1.97. The van der Waals surface area contributed by atoms with E-state index in [1.165, 1.54) is 11.8 Å². The molecule has 0 saturated carbocycles. The number of likely N-dealkylation sites (tertiary alicyclic amines) is 1. The fourth-order valence-electron chi connectivity index (χ4n) is 2.64. The number of hydrogen-bond acceptors (Lipinski definition) is 5. The van der Waals surface area contributed by atoms with Gasteiger partial charge < -0.3 is 4.74 Å². The fourth-order valence-corrected chi connectivity index (χ4v) is 3.64. The minimum Gasteiger partial charge on any atom is -0.443 e. The average Bonchev–Trinajstić information content (AvgIpc) is 2.54. The van der Waals surface area contributed by atoms with Crippen LogP contribution < -0.4 is 9.44 Å². The molecule has 1 saturated heterocycles. The summed E-state index contributed by atoms with van der Waals surface area (Å²) in [6, 6.07) is 9.25. The van der Waals surface area contributed by atoms with Crippen molar-refractivity contribution in [2.24, 2.45) is 0 Å². The van der Waals surface area contributed by atoms with E-state index in [0.717, 1.165) is 5.56 Å². The Kier molecular flexibility index (Phi) is 5.05. The molecule has 1 aliphatic heterocycles. The highest BCUT2D eigenvalue weighted by Gasteiger charge is 2.35. The second kappa shape index (κ2) is 7.94. The molecule has 1 amide bonds. The van der Waals surface area contributed by atoms with E-state index in [9.17, 15) is 13.2 Å². The zero-order chi connectivity index (χ0) is 22.1. The van der Waals surface area contributed by atoms with Crippen molar-refractivity contribution in [3.05, 3.63) is 35.9 Å². The highest BCUT2D eigenvalue weighted by atomic mass is 32.2. The summed E-state index contributed by atoms with van der Waals surface area (Å²) in [4.78, 5) is 13.4. The Hall–Kier alpha value is -1.64. The number of benzene rings is 1. The summed E-state index contributed by atoms with van der Waals surface area (Å²) in [5.41, 5.74) is -1.82. The van der Waals surface area contributed by atoms with Crippen molar-refractivity contribution in [1.29, 1.82) is 0 Å². The molecule has 0 spiro atoms. The van der Waals surface area contributed by atoms with Crippen LogP contribution in [-0.2, 0) is 21.5 Å². The van der Waals surface area contributed by atoms with E-state index in [0.29, 0.717) is 6.54 Å². The van der Waals surface area contributed by atoms with Crippen molar-refractivity contribution >= 4 is 16.3 Å². The first-order chi connectivity index (χ1) is 13.2. The van der Waals surface area contributed by atoms with Crippen LogP contribution in [0.2, 0.25) is 0 Å². The third-order valence-electron chi connectivity index (χ3n) is 3.52. The Morgan fingerprint density at radius 1 is 1.35 bits per heavy atom. The minimum absolute atomic E-state index is 0.261. The van der Waals surface area contributed by atoms with Crippen LogP contribution in [-0.4, -0.2) is 43.6 Å². The smallest absolute Gasteiger partial charge is 0.422 e. The molecule has 0 bridgehead atoms. The molecule has 1 aromatic rings. The lowest BCUT2D eigenvalue weighted by Gasteiger charge is -2.40. The van der Waals surface area contributed by atoms with E-state index in [1.807, 2.05) is 30.3 Å². The molecular weight excluding hydrogens is 354 g/mol. The molecule has 0 aromatic heterocycles. The molecule has 2 rings (SSSR count). The van der Waals surface area contributed by atoms with E-state index in [4.69, 9.17) is 8.85 Å².